The van der Waals surface area contributed by atoms with E-state index in [1.807, 2.05) is 13.8 Å². The van der Waals surface area contributed by atoms with Crippen molar-refractivity contribution in [1.29, 1.82) is 0 Å². The van der Waals surface area contributed by atoms with Gasteiger partial charge >= 0.3 is 12.0 Å². The Morgan fingerprint density at radius 3 is 2.17 bits per heavy atom. The average Bonchev–Trinajstić information content (AvgIpc) is 2.26. The number of nitrogens with one attached hydrogen (secondary N) is 1. The van der Waals surface area contributed by atoms with E-state index in [2.05, 4.69) is 19.2 Å². The number of hydrogen-bond donors (Lipinski definition) is 2. The van der Waals surface area contributed by atoms with Crippen LogP contribution in [0.25, 0.3) is 0 Å². The highest BCUT2D eigenvalue weighted by atomic mass is 16.4. The van der Waals surface area contributed by atoms with Gasteiger partial charge in [0, 0.05) is 26.1 Å². The van der Waals surface area contributed by atoms with Crippen LogP contribution in [0, 0.1) is 11.8 Å². The molecule has 1 atom stereocenters. The molecule has 0 aliphatic rings. The highest BCUT2D eigenvalue weighted by molar-refractivity contribution is 5.74. The second-order valence-electron chi connectivity index (χ2n) is 4.95. The van der Waals surface area contributed by atoms with Gasteiger partial charge in [0.15, 0.2) is 0 Å². The standard InChI is InChI=1S/C13H26N2O3/c1-5-15(6-2)13(18)14-9-11(7-10(3)4)8-12(16)17/h10-11H,5-9H2,1-4H3,(H,14,18)(H,16,17)/t11-/m0/s1. The lowest BCUT2D eigenvalue weighted by Gasteiger charge is -2.22. The zero-order chi connectivity index (χ0) is 14.1. The van der Waals surface area contributed by atoms with E-state index in [0.29, 0.717) is 25.6 Å². The summed E-state index contributed by atoms with van der Waals surface area (Å²) in [5.41, 5.74) is 0. The molecule has 18 heavy (non-hydrogen) atoms. The van der Waals surface area contributed by atoms with Crippen LogP contribution in [0.1, 0.15) is 40.5 Å². The van der Waals surface area contributed by atoms with Gasteiger partial charge in [0.25, 0.3) is 0 Å². The first kappa shape index (κ1) is 16.7. The minimum atomic E-state index is -0.808. The third-order valence-electron chi connectivity index (χ3n) is 2.86. The van der Waals surface area contributed by atoms with E-state index in [9.17, 15) is 9.59 Å². The number of aliphatic carboxylic acids is 1. The first-order chi connectivity index (χ1) is 8.40. The smallest absolute Gasteiger partial charge is 0.317 e. The minimum Gasteiger partial charge on any atom is -0.481 e. The summed E-state index contributed by atoms with van der Waals surface area (Å²) in [4.78, 5) is 24.2. The number of hydrogen-bond acceptors (Lipinski definition) is 2. The van der Waals surface area contributed by atoms with Gasteiger partial charge in [-0.15, -0.1) is 0 Å². The molecule has 0 aromatic rings. The summed E-state index contributed by atoms with van der Waals surface area (Å²) in [6, 6.07) is -0.112. The van der Waals surface area contributed by atoms with Gasteiger partial charge in [-0.3, -0.25) is 4.79 Å². The highest BCUT2D eigenvalue weighted by Crippen LogP contribution is 2.14. The van der Waals surface area contributed by atoms with E-state index >= 15 is 0 Å². The van der Waals surface area contributed by atoms with Crippen LogP contribution in [-0.4, -0.2) is 41.6 Å². The summed E-state index contributed by atoms with van der Waals surface area (Å²) in [7, 11) is 0. The van der Waals surface area contributed by atoms with Gasteiger partial charge in [0.2, 0.25) is 0 Å². The van der Waals surface area contributed by atoms with Crippen LogP contribution in [0.2, 0.25) is 0 Å². The molecule has 0 radical (unpaired) electrons. The van der Waals surface area contributed by atoms with Crippen molar-refractivity contribution in [2.75, 3.05) is 19.6 Å². The van der Waals surface area contributed by atoms with E-state index in [1.165, 1.54) is 0 Å². The number of amides is 2. The molecule has 0 rings (SSSR count). The molecule has 106 valence electrons. The third kappa shape index (κ3) is 7.14. The third-order valence-corrected chi connectivity index (χ3v) is 2.86. The number of carbonyl (C=O) groups is 2. The summed E-state index contributed by atoms with van der Waals surface area (Å²) in [5, 5.41) is 11.7. The Morgan fingerprint density at radius 1 is 1.22 bits per heavy atom. The molecular formula is C13H26N2O3. The quantitative estimate of drug-likeness (QED) is 0.701. The molecule has 0 bridgehead atoms. The molecule has 0 unspecified atom stereocenters. The lowest BCUT2D eigenvalue weighted by atomic mass is 9.94. The molecule has 2 N–H and O–H groups in total. The SMILES string of the molecule is CCN(CC)C(=O)NC[C@H](CC(=O)O)CC(C)C. The molecule has 0 aromatic heterocycles. The molecule has 2 amide bonds. The Balaban J connectivity index is 4.24. The topological polar surface area (TPSA) is 69.6 Å². The summed E-state index contributed by atoms with van der Waals surface area (Å²) in [5.74, 6) is -0.376. The molecule has 0 fully saturated rings. The fourth-order valence-electron chi connectivity index (χ4n) is 2.01. The van der Waals surface area contributed by atoms with Crippen molar-refractivity contribution in [3.8, 4) is 0 Å². The van der Waals surface area contributed by atoms with Crippen LogP contribution in [-0.2, 0) is 4.79 Å². The predicted octanol–water partition coefficient (Wildman–Crippen LogP) is 2.17. The van der Waals surface area contributed by atoms with Crippen LogP contribution in [0.3, 0.4) is 0 Å². The zero-order valence-corrected chi connectivity index (χ0v) is 11.9. The number of carbonyl (C=O) groups excluding carboxylic acids is 1. The Morgan fingerprint density at radius 2 is 1.78 bits per heavy atom. The van der Waals surface area contributed by atoms with Crippen molar-refractivity contribution < 1.29 is 14.7 Å². The first-order valence-electron chi connectivity index (χ1n) is 6.65. The molecule has 0 spiro atoms. The highest BCUT2D eigenvalue weighted by Gasteiger charge is 2.17. The maximum atomic E-state index is 11.7. The zero-order valence-electron chi connectivity index (χ0n) is 11.9. The number of carboxylic acid groups (broad SMARTS) is 1. The molecular weight excluding hydrogens is 232 g/mol. The van der Waals surface area contributed by atoms with Crippen molar-refractivity contribution >= 4 is 12.0 Å². The summed E-state index contributed by atoms with van der Waals surface area (Å²) in [6.07, 6.45) is 0.918. The summed E-state index contributed by atoms with van der Waals surface area (Å²) < 4.78 is 0. The predicted molar refractivity (Wildman–Crippen MR) is 71.5 cm³/mol. The van der Waals surface area contributed by atoms with Crippen molar-refractivity contribution in [2.24, 2.45) is 11.8 Å². The molecule has 0 saturated heterocycles. The molecule has 5 nitrogen and oxygen atoms in total. The Hall–Kier alpha value is -1.26. The molecule has 0 aliphatic heterocycles. The van der Waals surface area contributed by atoms with Crippen LogP contribution in [0.15, 0.2) is 0 Å². The molecule has 0 aliphatic carbocycles. The van der Waals surface area contributed by atoms with Gasteiger partial charge in [0.05, 0.1) is 0 Å². The lowest BCUT2D eigenvalue weighted by molar-refractivity contribution is -0.138. The van der Waals surface area contributed by atoms with Gasteiger partial charge in [-0.05, 0) is 32.1 Å². The normalized spacial score (nSPS) is 12.3. The van der Waals surface area contributed by atoms with E-state index in [-0.39, 0.29) is 18.4 Å². The Labute approximate surface area is 110 Å². The van der Waals surface area contributed by atoms with Gasteiger partial charge in [-0.2, -0.15) is 0 Å². The largest absolute Gasteiger partial charge is 0.481 e. The van der Waals surface area contributed by atoms with Crippen LogP contribution in [0.4, 0.5) is 4.79 Å². The van der Waals surface area contributed by atoms with E-state index in [1.54, 1.807) is 4.90 Å². The second-order valence-corrected chi connectivity index (χ2v) is 4.95. The minimum absolute atomic E-state index is 0.00186. The van der Waals surface area contributed by atoms with Crippen molar-refractivity contribution in [1.82, 2.24) is 10.2 Å². The average molecular weight is 258 g/mol. The molecule has 0 heterocycles. The van der Waals surface area contributed by atoms with E-state index < -0.39 is 5.97 Å². The fourth-order valence-corrected chi connectivity index (χ4v) is 2.01. The number of rotatable bonds is 8. The second kappa shape index (κ2) is 8.78. The lowest BCUT2D eigenvalue weighted by Crippen LogP contribution is -2.42. The van der Waals surface area contributed by atoms with Crippen molar-refractivity contribution in [2.45, 2.75) is 40.5 Å². The summed E-state index contributed by atoms with van der Waals surface area (Å²) in [6.45, 7) is 9.71. The number of carboxylic acids is 1. The Bertz CT molecular complexity index is 263. The van der Waals surface area contributed by atoms with Crippen molar-refractivity contribution in [3.63, 3.8) is 0 Å². The van der Waals surface area contributed by atoms with E-state index in [0.717, 1.165) is 6.42 Å². The molecule has 5 heteroatoms. The van der Waals surface area contributed by atoms with Crippen LogP contribution >= 0.6 is 0 Å². The number of nitrogens with zero attached hydrogens (tertiary/aromatic N) is 1. The first-order valence-corrected chi connectivity index (χ1v) is 6.65. The van der Waals surface area contributed by atoms with Crippen LogP contribution < -0.4 is 5.32 Å². The van der Waals surface area contributed by atoms with Crippen molar-refractivity contribution in [3.05, 3.63) is 0 Å². The van der Waals surface area contributed by atoms with E-state index in [4.69, 9.17) is 5.11 Å². The van der Waals surface area contributed by atoms with Gasteiger partial charge in [-0.25, -0.2) is 4.79 Å². The maximum absolute atomic E-state index is 11.7. The van der Waals surface area contributed by atoms with Gasteiger partial charge in [0.1, 0.15) is 0 Å². The number of urea groups is 1. The Kier molecular flexibility index (Phi) is 8.16. The maximum Gasteiger partial charge on any atom is 0.317 e. The molecule has 0 saturated carbocycles. The summed E-state index contributed by atoms with van der Waals surface area (Å²) >= 11 is 0. The fraction of sp³-hybridized carbons (Fsp3) is 0.846. The van der Waals surface area contributed by atoms with Crippen LogP contribution in [0.5, 0.6) is 0 Å². The molecule has 0 aromatic carbocycles. The monoisotopic (exact) mass is 258 g/mol. The van der Waals surface area contributed by atoms with Gasteiger partial charge in [-0.1, -0.05) is 13.8 Å². The van der Waals surface area contributed by atoms with Gasteiger partial charge < -0.3 is 15.3 Å².